The molecule has 0 aromatic carbocycles. The number of likely N-dealkylation sites (N-methyl/N-ethyl adjacent to an activating group) is 1. The van der Waals surface area contributed by atoms with Crippen LogP contribution in [0.5, 0.6) is 0 Å². The maximum absolute atomic E-state index is 4.64. The fraction of sp³-hybridized carbons (Fsp3) is 0.923. The lowest BCUT2D eigenvalue weighted by molar-refractivity contribution is 0.122. The largest absolute Gasteiger partial charge is 0.357 e. The van der Waals surface area contributed by atoms with Crippen molar-refractivity contribution in [1.29, 1.82) is 0 Å². The van der Waals surface area contributed by atoms with Gasteiger partial charge in [0.25, 0.3) is 0 Å². The van der Waals surface area contributed by atoms with Gasteiger partial charge in [-0.2, -0.15) is 0 Å². The van der Waals surface area contributed by atoms with Gasteiger partial charge in [0.1, 0.15) is 0 Å². The van der Waals surface area contributed by atoms with Crippen molar-refractivity contribution in [2.75, 3.05) is 52.9 Å². The molecule has 0 aromatic heterocycles. The molecule has 1 aliphatic rings. The van der Waals surface area contributed by atoms with Crippen LogP contribution in [0.4, 0.5) is 0 Å². The minimum absolute atomic E-state index is 0.519. The third-order valence-electron chi connectivity index (χ3n) is 3.36. The number of piperazine rings is 1. The van der Waals surface area contributed by atoms with E-state index in [-0.39, 0.29) is 0 Å². The second-order valence-corrected chi connectivity index (χ2v) is 4.94. The number of nitrogens with one attached hydrogen (secondary N) is 2. The molecule has 18 heavy (non-hydrogen) atoms. The number of nitrogens with zero attached hydrogens (tertiary/aromatic N) is 3. The molecule has 2 N–H and O–H groups in total. The summed E-state index contributed by atoms with van der Waals surface area (Å²) in [4.78, 5) is 9.55. The van der Waals surface area contributed by atoms with Crippen LogP contribution in [0.15, 0.2) is 4.99 Å². The average Bonchev–Trinajstić information content (AvgIpc) is 2.37. The smallest absolute Gasteiger partial charge is 0.191 e. The quantitative estimate of drug-likeness (QED) is 0.544. The molecule has 1 heterocycles. The lowest BCUT2D eigenvalue weighted by atomic mass is 10.2. The standard InChI is InChI=1S/C13H29N5/c1-5-14-13(15-6-2)16-11-12(3)18-9-7-17(4)8-10-18/h12H,5-11H2,1-4H3,(H2,14,15,16)/t12-/m1/s1. The van der Waals surface area contributed by atoms with E-state index in [1.165, 1.54) is 13.1 Å². The molecule has 0 aromatic rings. The van der Waals surface area contributed by atoms with Crippen LogP contribution < -0.4 is 10.6 Å². The molecule has 0 spiro atoms. The molecule has 1 fully saturated rings. The summed E-state index contributed by atoms with van der Waals surface area (Å²) in [7, 11) is 2.19. The number of hydrogen-bond donors (Lipinski definition) is 2. The van der Waals surface area contributed by atoms with Gasteiger partial charge >= 0.3 is 0 Å². The molecule has 0 unspecified atom stereocenters. The van der Waals surface area contributed by atoms with Crippen LogP contribution in [0.1, 0.15) is 20.8 Å². The summed E-state index contributed by atoms with van der Waals surface area (Å²) < 4.78 is 0. The summed E-state index contributed by atoms with van der Waals surface area (Å²) >= 11 is 0. The van der Waals surface area contributed by atoms with Crippen LogP contribution in [0.25, 0.3) is 0 Å². The van der Waals surface area contributed by atoms with E-state index in [0.29, 0.717) is 6.04 Å². The molecule has 5 nitrogen and oxygen atoms in total. The third-order valence-corrected chi connectivity index (χ3v) is 3.36. The van der Waals surface area contributed by atoms with E-state index in [0.717, 1.165) is 38.7 Å². The second-order valence-electron chi connectivity index (χ2n) is 4.94. The van der Waals surface area contributed by atoms with Crippen molar-refractivity contribution >= 4 is 5.96 Å². The fourth-order valence-electron chi connectivity index (χ4n) is 2.11. The summed E-state index contributed by atoms with van der Waals surface area (Å²) in [5.74, 6) is 0.931. The Hall–Kier alpha value is -0.810. The highest BCUT2D eigenvalue weighted by molar-refractivity contribution is 5.79. The van der Waals surface area contributed by atoms with Crippen LogP contribution >= 0.6 is 0 Å². The first-order valence-electron chi connectivity index (χ1n) is 7.12. The summed E-state index contributed by atoms with van der Waals surface area (Å²) in [6.45, 7) is 13.8. The van der Waals surface area contributed by atoms with Crippen LogP contribution in [0.2, 0.25) is 0 Å². The van der Waals surface area contributed by atoms with E-state index >= 15 is 0 Å². The SMILES string of the molecule is CCNC(=NC[C@@H](C)N1CCN(C)CC1)NCC. The van der Waals surface area contributed by atoms with Gasteiger partial charge in [-0.05, 0) is 27.8 Å². The Kier molecular flexibility index (Phi) is 7.05. The maximum Gasteiger partial charge on any atom is 0.191 e. The van der Waals surface area contributed by atoms with Gasteiger partial charge in [0.2, 0.25) is 0 Å². The van der Waals surface area contributed by atoms with Crippen molar-refractivity contribution in [3.8, 4) is 0 Å². The monoisotopic (exact) mass is 255 g/mol. The molecule has 5 heteroatoms. The predicted octanol–water partition coefficient (Wildman–Crippen LogP) is 0.197. The summed E-state index contributed by atoms with van der Waals surface area (Å²) in [5.41, 5.74) is 0. The zero-order chi connectivity index (χ0) is 13.4. The molecule has 1 aliphatic heterocycles. The van der Waals surface area contributed by atoms with Gasteiger partial charge in [-0.15, -0.1) is 0 Å². The van der Waals surface area contributed by atoms with Gasteiger partial charge < -0.3 is 15.5 Å². The first-order valence-corrected chi connectivity index (χ1v) is 7.12. The zero-order valence-corrected chi connectivity index (χ0v) is 12.4. The first kappa shape index (κ1) is 15.2. The molecule has 1 atom stereocenters. The lowest BCUT2D eigenvalue weighted by Gasteiger charge is -2.35. The van der Waals surface area contributed by atoms with Gasteiger partial charge in [0.15, 0.2) is 5.96 Å². The van der Waals surface area contributed by atoms with Gasteiger partial charge in [0, 0.05) is 45.3 Å². The third kappa shape index (κ3) is 5.23. The second kappa shape index (κ2) is 8.32. The highest BCUT2D eigenvalue weighted by Crippen LogP contribution is 2.05. The van der Waals surface area contributed by atoms with E-state index in [4.69, 9.17) is 0 Å². The van der Waals surface area contributed by atoms with E-state index in [1.54, 1.807) is 0 Å². The van der Waals surface area contributed by atoms with Crippen molar-refractivity contribution in [3.05, 3.63) is 0 Å². The molecule has 0 aliphatic carbocycles. The Bertz CT molecular complexity index is 238. The summed E-state index contributed by atoms with van der Waals surface area (Å²) in [6.07, 6.45) is 0. The lowest BCUT2D eigenvalue weighted by Crippen LogP contribution is -2.49. The highest BCUT2D eigenvalue weighted by Gasteiger charge is 2.18. The molecule has 0 saturated carbocycles. The first-order chi connectivity index (χ1) is 8.67. The van der Waals surface area contributed by atoms with E-state index in [1.807, 2.05) is 0 Å². The Morgan fingerprint density at radius 2 is 1.67 bits per heavy atom. The zero-order valence-electron chi connectivity index (χ0n) is 12.4. The van der Waals surface area contributed by atoms with Gasteiger partial charge in [-0.25, -0.2) is 0 Å². The fourth-order valence-corrected chi connectivity index (χ4v) is 2.11. The highest BCUT2D eigenvalue weighted by atomic mass is 15.3. The molecule has 1 rings (SSSR count). The Balaban J connectivity index is 2.37. The number of aliphatic imine (C=N–C) groups is 1. The number of hydrogen-bond acceptors (Lipinski definition) is 3. The summed E-state index contributed by atoms with van der Waals surface area (Å²) in [5, 5.41) is 6.52. The van der Waals surface area contributed by atoms with Crippen LogP contribution in [-0.2, 0) is 0 Å². The van der Waals surface area contributed by atoms with Crippen molar-refractivity contribution < 1.29 is 0 Å². The van der Waals surface area contributed by atoms with E-state index < -0.39 is 0 Å². The van der Waals surface area contributed by atoms with Gasteiger partial charge in [0.05, 0.1) is 6.54 Å². The van der Waals surface area contributed by atoms with Crippen LogP contribution in [0.3, 0.4) is 0 Å². The molecule has 0 bridgehead atoms. The molecule has 106 valence electrons. The molecular formula is C13H29N5. The van der Waals surface area contributed by atoms with Crippen molar-refractivity contribution in [2.45, 2.75) is 26.8 Å². The minimum Gasteiger partial charge on any atom is -0.357 e. The molecule has 1 saturated heterocycles. The minimum atomic E-state index is 0.519. The van der Waals surface area contributed by atoms with E-state index in [2.05, 4.69) is 53.2 Å². The number of guanidine groups is 1. The predicted molar refractivity (Wildman–Crippen MR) is 78.2 cm³/mol. The topological polar surface area (TPSA) is 42.9 Å². The van der Waals surface area contributed by atoms with Gasteiger partial charge in [-0.3, -0.25) is 9.89 Å². The molecule has 0 radical (unpaired) electrons. The van der Waals surface area contributed by atoms with Crippen molar-refractivity contribution in [1.82, 2.24) is 20.4 Å². The Labute approximate surface area is 112 Å². The number of rotatable bonds is 5. The average molecular weight is 255 g/mol. The van der Waals surface area contributed by atoms with E-state index in [9.17, 15) is 0 Å². The van der Waals surface area contributed by atoms with Gasteiger partial charge in [-0.1, -0.05) is 0 Å². The van der Waals surface area contributed by atoms with Crippen molar-refractivity contribution in [2.24, 2.45) is 4.99 Å². The molecular weight excluding hydrogens is 226 g/mol. The summed E-state index contributed by atoms with van der Waals surface area (Å²) in [6, 6.07) is 0.519. The van der Waals surface area contributed by atoms with Crippen LogP contribution in [-0.4, -0.2) is 74.7 Å². The van der Waals surface area contributed by atoms with Crippen molar-refractivity contribution in [3.63, 3.8) is 0 Å². The Morgan fingerprint density at radius 1 is 1.11 bits per heavy atom. The van der Waals surface area contributed by atoms with Crippen LogP contribution in [0, 0.1) is 0 Å². The maximum atomic E-state index is 4.64. The Morgan fingerprint density at radius 3 is 2.17 bits per heavy atom. The normalized spacial score (nSPS) is 19.3. The molecule has 0 amide bonds.